The Balaban J connectivity index is 2.25. The van der Waals surface area contributed by atoms with Crippen molar-refractivity contribution in [3.8, 4) is 0 Å². The Morgan fingerprint density at radius 2 is 2.11 bits per heavy atom. The van der Waals surface area contributed by atoms with Gasteiger partial charge in [0.1, 0.15) is 12.1 Å². The molecule has 4 nitrogen and oxygen atoms in total. The quantitative estimate of drug-likeness (QED) is 0.743. The fourth-order valence-electron chi connectivity index (χ4n) is 2.05. The normalized spacial score (nSPS) is 16.7. The average Bonchev–Trinajstić information content (AvgIpc) is 2.52. The van der Waals surface area contributed by atoms with E-state index in [1.807, 2.05) is 0 Å². The Bertz CT molecular complexity index is 476. The van der Waals surface area contributed by atoms with Gasteiger partial charge < -0.3 is 9.80 Å². The van der Waals surface area contributed by atoms with Gasteiger partial charge in [-0.2, -0.15) is 0 Å². The maximum atomic E-state index is 13.9. The van der Waals surface area contributed by atoms with Crippen molar-refractivity contribution in [3.63, 3.8) is 0 Å². The molecular weight excluding hydrogens is 235 g/mol. The van der Waals surface area contributed by atoms with Crippen LogP contribution in [0.4, 0.5) is 10.1 Å². The largest absolute Gasteiger partial charge is 0.360 e. The fraction of sp³-hybridized carbons (Fsp3) is 0.385. The second kappa shape index (κ2) is 5.16. The summed E-state index contributed by atoms with van der Waals surface area (Å²) in [4.78, 5) is 25.7. The van der Waals surface area contributed by atoms with Gasteiger partial charge >= 0.3 is 0 Å². The Labute approximate surface area is 105 Å². The van der Waals surface area contributed by atoms with E-state index in [9.17, 15) is 14.0 Å². The molecule has 0 unspecified atom stereocenters. The molecule has 1 heterocycles. The highest BCUT2D eigenvalue weighted by atomic mass is 19.1. The minimum Gasteiger partial charge on any atom is -0.360 e. The summed E-state index contributed by atoms with van der Waals surface area (Å²) < 4.78 is 13.9. The number of carbonyl (C=O) groups is 2. The molecule has 1 aliphatic heterocycles. The molecule has 0 spiro atoms. The Morgan fingerprint density at radius 1 is 1.33 bits per heavy atom. The van der Waals surface area contributed by atoms with Gasteiger partial charge in [0.15, 0.2) is 0 Å². The summed E-state index contributed by atoms with van der Waals surface area (Å²) in [6.45, 7) is 1.49. The number of rotatable bonds is 2. The molecule has 0 radical (unpaired) electrons. The van der Waals surface area contributed by atoms with Gasteiger partial charge in [-0.25, -0.2) is 4.39 Å². The van der Waals surface area contributed by atoms with E-state index in [2.05, 4.69) is 0 Å². The summed E-state index contributed by atoms with van der Waals surface area (Å²) in [6, 6.07) is 4.31. The first-order chi connectivity index (χ1) is 8.61. The van der Waals surface area contributed by atoms with Crippen molar-refractivity contribution < 1.29 is 14.0 Å². The molecule has 1 aliphatic rings. The lowest BCUT2D eigenvalue weighted by Gasteiger charge is -2.22. The Morgan fingerprint density at radius 3 is 2.78 bits per heavy atom. The van der Waals surface area contributed by atoms with Gasteiger partial charge in [0, 0.05) is 25.7 Å². The number of likely N-dealkylation sites (N-methyl/N-ethyl adjacent to an activating group) is 1. The molecule has 96 valence electrons. The summed E-state index contributed by atoms with van der Waals surface area (Å²) in [5, 5.41) is 0. The number of carbonyl (C=O) groups excluding carboxylic acids is 2. The van der Waals surface area contributed by atoms with Crippen LogP contribution in [0.3, 0.4) is 0 Å². The van der Waals surface area contributed by atoms with Crippen LogP contribution in [0.1, 0.15) is 16.8 Å². The van der Waals surface area contributed by atoms with Gasteiger partial charge in [0.2, 0.25) is 5.91 Å². The van der Waals surface area contributed by atoms with Crippen molar-refractivity contribution in [2.75, 3.05) is 31.6 Å². The Kier molecular flexibility index (Phi) is 3.60. The fourth-order valence-corrected chi connectivity index (χ4v) is 2.05. The second-order valence-electron chi connectivity index (χ2n) is 4.42. The van der Waals surface area contributed by atoms with E-state index < -0.39 is 5.82 Å². The summed E-state index contributed by atoms with van der Waals surface area (Å²) >= 11 is 0. The molecule has 0 aliphatic carbocycles. The number of nitrogens with zero attached hydrogens (tertiary/aromatic N) is 2. The van der Waals surface area contributed by atoms with Crippen LogP contribution in [0.15, 0.2) is 18.2 Å². The number of hydrogen-bond acceptors (Lipinski definition) is 3. The summed E-state index contributed by atoms with van der Waals surface area (Å²) in [5.74, 6) is -0.483. The first kappa shape index (κ1) is 12.5. The highest BCUT2D eigenvalue weighted by Gasteiger charge is 2.21. The van der Waals surface area contributed by atoms with E-state index >= 15 is 0 Å². The molecule has 1 fully saturated rings. The minimum atomic E-state index is -0.461. The smallest absolute Gasteiger partial charge is 0.241 e. The van der Waals surface area contributed by atoms with Gasteiger partial charge in [-0.3, -0.25) is 9.59 Å². The van der Waals surface area contributed by atoms with Gasteiger partial charge in [0.25, 0.3) is 0 Å². The monoisotopic (exact) mass is 250 g/mol. The summed E-state index contributed by atoms with van der Waals surface area (Å²) in [5.41, 5.74) is 0.679. The highest BCUT2D eigenvalue weighted by molar-refractivity contribution is 5.82. The molecule has 0 saturated carbocycles. The van der Waals surface area contributed by atoms with E-state index in [1.165, 1.54) is 6.07 Å². The first-order valence-electron chi connectivity index (χ1n) is 5.85. The van der Waals surface area contributed by atoms with Crippen LogP contribution in [-0.2, 0) is 4.79 Å². The average molecular weight is 250 g/mol. The molecule has 18 heavy (non-hydrogen) atoms. The van der Waals surface area contributed by atoms with Gasteiger partial charge in [-0.1, -0.05) is 0 Å². The lowest BCUT2D eigenvalue weighted by molar-refractivity contribution is -0.127. The summed E-state index contributed by atoms with van der Waals surface area (Å²) in [6.07, 6.45) is 1.41. The van der Waals surface area contributed by atoms with Gasteiger partial charge in [-0.05, 0) is 24.6 Å². The number of halogens is 1. The topological polar surface area (TPSA) is 40.6 Å². The molecule has 5 heteroatoms. The van der Waals surface area contributed by atoms with Crippen LogP contribution in [0, 0.1) is 5.82 Å². The third-order valence-corrected chi connectivity index (χ3v) is 3.12. The molecule has 1 aromatic rings. The molecule has 0 N–H and O–H groups in total. The first-order valence-corrected chi connectivity index (χ1v) is 5.85. The predicted molar refractivity (Wildman–Crippen MR) is 66.3 cm³/mol. The SMILES string of the molecule is CN1CCCN(c2ccc(C=O)cc2F)CC1=O. The molecule has 0 bridgehead atoms. The molecule has 1 saturated heterocycles. The molecule has 0 aromatic heterocycles. The molecular formula is C13H15FN2O2. The zero-order chi connectivity index (χ0) is 13.1. The van der Waals surface area contributed by atoms with E-state index in [4.69, 9.17) is 0 Å². The van der Waals surface area contributed by atoms with Crippen molar-refractivity contribution in [3.05, 3.63) is 29.6 Å². The third-order valence-electron chi connectivity index (χ3n) is 3.12. The van der Waals surface area contributed by atoms with Gasteiger partial charge in [0.05, 0.1) is 12.2 Å². The number of anilines is 1. The van der Waals surface area contributed by atoms with Crippen molar-refractivity contribution in [1.82, 2.24) is 4.90 Å². The van der Waals surface area contributed by atoms with Gasteiger partial charge in [-0.15, -0.1) is 0 Å². The standard InChI is InChI=1S/C13H15FN2O2/c1-15-5-2-6-16(8-13(15)18)12-4-3-10(9-17)7-11(12)14/h3-4,7,9H,2,5-6,8H2,1H3. The lowest BCUT2D eigenvalue weighted by Crippen LogP contribution is -2.34. The highest BCUT2D eigenvalue weighted by Crippen LogP contribution is 2.21. The zero-order valence-electron chi connectivity index (χ0n) is 10.2. The van der Waals surface area contributed by atoms with Crippen LogP contribution < -0.4 is 4.90 Å². The Hall–Kier alpha value is -1.91. The molecule has 2 rings (SSSR count). The number of benzene rings is 1. The lowest BCUT2D eigenvalue weighted by atomic mass is 10.2. The summed E-state index contributed by atoms with van der Waals surface area (Å²) in [7, 11) is 1.75. The zero-order valence-corrected chi connectivity index (χ0v) is 10.2. The number of aldehydes is 1. The number of hydrogen-bond donors (Lipinski definition) is 0. The van der Waals surface area contributed by atoms with E-state index in [-0.39, 0.29) is 12.5 Å². The van der Waals surface area contributed by atoms with Crippen molar-refractivity contribution >= 4 is 17.9 Å². The van der Waals surface area contributed by atoms with Crippen molar-refractivity contribution in [2.24, 2.45) is 0 Å². The van der Waals surface area contributed by atoms with Crippen molar-refractivity contribution in [2.45, 2.75) is 6.42 Å². The maximum absolute atomic E-state index is 13.9. The van der Waals surface area contributed by atoms with Crippen LogP contribution in [0.25, 0.3) is 0 Å². The second-order valence-corrected chi connectivity index (χ2v) is 4.42. The molecule has 1 aromatic carbocycles. The number of amides is 1. The van der Waals surface area contributed by atoms with E-state index in [1.54, 1.807) is 29.0 Å². The van der Waals surface area contributed by atoms with Crippen molar-refractivity contribution in [1.29, 1.82) is 0 Å². The van der Waals surface area contributed by atoms with Crippen LogP contribution in [0.2, 0.25) is 0 Å². The maximum Gasteiger partial charge on any atom is 0.241 e. The van der Waals surface area contributed by atoms with E-state index in [0.717, 1.165) is 6.42 Å². The minimum absolute atomic E-state index is 0.0219. The predicted octanol–water partition coefficient (Wildman–Crippen LogP) is 1.31. The van der Waals surface area contributed by atoms with Crippen LogP contribution >= 0.6 is 0 Å². The van der Waals surface area contributed by atoms with E-state index in [0.29, 0.717) is 30.6 Å². The third kappa shape index (κ3) is 2.50. The van der Waals surface area contributed by atoms with Crippen LogP contribution in [0.5, 0.6) is 0 Å². The van der Waals surface area contributed by atoms with Crippen LogP contribution in [-0.4, -0.2) is 43.8 Å². The molecule has 1 amide bonds. The molecule has 0 atom stereocenters.